The van der Waals surface area contributed by atoms with E-state index in [9.17, 15) is 0 Å². The molecule has 0 unspecified atom stereocenters. The number of para-hydroxylation sites is 2. The molecule has 0 N–H and O–H groups in total. The van der Waals surface area contributed by atoms with Gasteiger partial charge in [0, 0.05) is 36.1 Å². The minimum atomic E-state index is 0.0330. The van der Waals surface area contributed by atoms with Crippen LogP contribution in [0.1, 0.15) is 11.1 Å². The van der Waals surface area contributed by atoms with Crippen molar-refractivity contribution in [1.29, 1.82) is 0 Å². The SMILES string of the molecule is CN1c2ccccc2C2=S1N(C)c1ccccc12. The molecule has 2 aliphatic heterocycles. The molecule has 0 bridgehead atoms. The Morgan fingerprint density at radius 2 is 1.17 bits per heavy atom. The van der Waals surface area contributed by atoms with Gasteiger partial charge in [0.05, 0.1) is 16.2 Å². The summed E-state index contributed by atoms with van der Waals surface area (Å²) in [7, 11) is 4.42. The smallest absolute Gasteiger partial charge is 0.0562 e. The van der Waals surface area contributed by atoms with E-state index in [1.165, 1.54) is 27.4 Å². The zero-order chi connectivity index (χ0) is 12.3. The molecular formula is C15H14N2S. The van der Waals surface area contributed by atoms with Crippen molar-refractivity contribution in [2.75, 3.05) is 22.7 Å². The molecule has 2 aromatic carbocycles. The molecule has 2 nitrogen and oxygen atoms in total. The van der Waals surface area contributed by atoms with E-state index in [-0.39, 0.29) is 10.9 Å². The Hall–Kier alpha value is -1.74. The molecule has 0 saturated heterocycles. The van der Waals surface area contributed by atoms with Crippen LogP contribution in [0.3, 0.4) is 0 Å². The van der Waals surface area contributed by atoms with Gasteiger partial charge in [0.15, 0.2) is 0 Å². The number of hydrogen-bond donors (Lipinski definition) is 0. The van der Waals surface area contributed by atoms with Crippen molar-refractivity contribution in [2.45, 2.75) is 0 Å². The maximum atomic E-state index is 2.39. The van der Waals surface area contributed by atoms with Crippen molar-refractivity contribution in [1.82, 2.24) is 0 Å². The molecule has 0 aliphatic carbocycles. The summed E-state index contributed by atoms with van der Waals surface area (Å²) in [6, 6.07) is 17.4. The summed E-state index contributed by atoms with van der Waals surface area (Å²) in [4.78, 5) is 1.48. The lowest BCUT2D eigenvalue weighted by Gasteiger charge is -2.26. The van der Waals surface area contributed by atoms with Crippen molar-refractivity contribution in [3.05, 3.63) is 59.7 Å². The Labute approximate surface area is 110 Å². The fourth-order valence-electron chi connectivity index (χ4n) is 2.87. The summed E-state index contributed by atoms with van der Waals surface area (Å²) < 4.78 is 4.79. The third kappa shape index (κ3) is 1.08. The van der Waals surface area contributed by atoms with E-state index >= 15 is 0 Å². The van der Waals surface area contributed by atoms with Crippen LogP contribution in [0.4, 0.5) is 11.4 Å². The normalized spacial score (nSPS) is 16.9. The van der Waals surface area contributed by atoms with Gasteiger partial charge >= 0.3 is 0 Å². The monoisotopic (exact) mass is 254 g/mol. The minimum absolute atomic E-state index is 0.0330. The Morgan fingerprint density at radius 3 is 1.67 bits per heavy atom. The Kier molecular flexibility index (Phi) is 1.92. The first-order valence-corrected chi connectivity index (χ1v) is 7.20. The molecule has 0 spiro atoms. The van der Waals surface area contributed by atoms with E-state index in [4.69, 9.17) is 0 Å². The molecule has 4 rings (SSSR count). The van der Waals surface area contributed by atoms with E-state index in [0.717, 1.165) is 0 Å². The number of rotatable bonds is 0. The third-order valence-corrected chi connectivity index (χ3v) is 5.91. The van der Waals surface area contributed by atoms with Crippen molar-refractivity contribution in [3.8, 4) is 0 Å². The minimum Gasteiger partial charge on any atom is -0.308 e. The average molecular weight is 254 g/mol. The van der Waals surface area contributed by atoms with Crippen LogP contribution in [0.25, 0.3) is 0 Å². The van der Waals surface area contributed by atoms with E-state index in [1.807, 2.05) is 0 Å². The topological polar surface area (TPSA) is 6.48 Å². The molecule has 2 heterocycles. The van der Waals surface area contributed by atoms with E-state index < -0.39 is 0 Å². The fraction of sp³-hybridized carbons (Fsp3) is 0.133. The lowest BCUT2D eigenvalue weighted by Crippen LogP contribution is -2.18. The number of benzene rings is 2. The molecule has 0 aromatic heterocycles. The Bertz CT molecular complexity index is 633. The van der Waals surface area contributed by atoms with Gasteiger partial charge in [-0.15, -0.1) is 0 Å². The first-order valence-electron chi connectivity index (χ1n) is 6.07. The van der Waals surface area contributed by atoms with Crippen molar-refractivity contribution in [3.63, 3.8) is 0 Å². The van der Waals surface area contributed by atoms with Crippen LogP contribution >= 0.6 is 10.9 Å². The molecule has 2 aliphatic rings. The Balaban J connectivity index is 2.05. The van der Waals surface area contributed by atoms with Gasteiger partial charge in [0.2, 0.25) is 0 Å². The van der Waals surface area contributed by atoms with Crippen molar-refractivity contribution < 1.29 is 0 Å². The van der Waals surface area contributed by atoms with Crippen LogP contribution in [-0.2, 0) is 0 Å². The van der Waals surface area contributed by atoms with Gasteiger partial charge < -0.3 is 8.61 Å². The summed E-state index contributed by atoms with van der Waals surface area (Å²) in [5.41, 5.74) is 5.47. The van der Waals surface area contributed by atoms with Gasteiger partial charge in [-0.3, -0.25) is 0 Å². The van der Waals surface area contributed by atoms with Gasteiger partial charge in [-0.25, -0.2) is 0 Å². The summed E-state index contributed by atoms with van der Waals surface area (Å²) in [6.45, 7) is 0. The molecule has 0 amide bonds. The highest BCUT2D eigenvalue weighted by Crippen LogP contribution is 2.50. The third-order valence-electron chi connectivity index (χ3n) is 3.68. The zero-order valence-electron chi connectivity index (χ0n) is 10.4. The molecule has 3 heteroatoms. The number of hydrogen-bond acceptors (Lipinski definition) is 2. The lowest BCUT2D eigenvalue weighted by molar-refractivity contribution is 1.30. The van der Waals surface area contributed by atoms with Crippen LogP contribution in [0, 0.1) is 0 Å². The molecule has 0 fully saturated rings. The average Bonchev–Trinajstić information content (AvgIpc) is 2.87. The number of nitrogens with zero attached hydrogens (tertiary/aromatic N) is 2. The highest BCUT2D eigenvalue weighted by atomic mass is 32.2. The Morgan fingerprint density at radius 1 is 0.722 bits per heavy atom. The molecular weight excluding hydrogens is 240 g/mol. The molecule has 2 aromatic rings. The lowest BCUT2D eigenvalue weighted by atomic mass is 10.0. The quantitative estimate of drug-likeness (QED) is 0.666. The van der Waals surface area contributed by atoms with E-state index in [2.05, 4.69) is 71.2 Å². The molecule has 0 saturated carbocycles. The van der Waals surface area contributed by atoms with Gasteiger partial charge in [-0.05, 0) is 12.1 Å². The standard InChI is InChI=1S/C15H14N2S/c1-16-13-9-5-3-7-11(13)15-12-8-4-6-10-14(12)17(2)18(15)16/h3-10H,1-2H3. The highest BCUT2D eigenvalue weighted by Gasteiger charge is 2.35. The van der Waals surface area contributed by atoms with Crippen LogP contribution in [0.5, 0.6) is 0 Å². The maximum absolute atomic E-state index is 2.39. The van der Waals surface area contributed by atoms with Gasteiger partial charge in [0.25, 0.3) is 0 Å². The first kappa shape index (κ1) is 10.2. The fourth-order valence-corrected chi connectivity index (χ4v) is 5.21. The predicted molar refractivity (Wildman–Crippen MR) is 80.5 cm³/mol. The second kappa shape index (κ2) is 3.39. The maximum Gasteiger partial charge on any atom is 0.0562 e. The zero-order valence-corrected chi connectivity index (χ0v) is 11.2. The van der Waals surface area contributed by atoms with Crippen LogP contribution in [0.2, 0.25) is 0 Å². The van der Waals surface area contributed by atoms with E-state index in [1.54, 1.807) is 0 Å². The first-order chi connectivity index (χ1) is 8.79. The summed E-state index contributed by atoms with van der Waals surface area (Å²) in [6.07, 6.45) is 0. The summed E-state index contributed by atoms with van der Waals surface area (Å²) in [5, 5.41) is 0. The second-order valence-electron chi connectivity index (χ2n) is 4.62. The largest absolute Gasteiger partial charge is 0.308 e. The van der Waals surface area contributed by atoms with Gasteiger partial charge in [0.1, 0.15) is 0 Å². The number of anilines is 2. The molecule has 0 radical (unpaired) electrons. The van der Waals surface area contributed by atoms with Gasteiger partial charge in [-0.2, -0.15) is 0 Å². The van der Waals surface area contributed by atoms with Crippen LogP contribution < -0.4 is 8.61 Å². The molecule has 0 atom stereocenters. The van der Waals surface area contributed by atoms with Crippen molar-refractivity contribution in [2.24, 2.45) is 0 Å². The predicted octanol–water partition coefficient (Wildman–Crippen LogP) is 3.25. The second-order valence-corrected chi connectivity index (χ2v) is 6.65. The van der Waals surface area contributed by atoms with Crippen molar-refractivity contribution >= 4 is 27.1 Å². The van der Waals surface area contributed by atoms with Gasteiger partial charge in [-0.1, -0.05) is 36.4 Å². The van der Waals surface area contributed by atoms with Crippen LogP contribution in [0.15, 0.2) is 48.5 Å². The summed E-state index contributed by atoms with van der Waals surface area (Å²) >= 11 is 0. The number of fused-ring (bicyclic) bond motifs is 4. The van der Waals surface area contributed by atoms with E-state index in [0.29, 0.717) is 0 Å². The van der Waals surface area contributed by atoms with Crippen LogP contribution in [-0.4, -0.2) is 19.0 Å². The molecule has 90 valence electrons. The summed E-state index contributed by atoms with van der Waals surface area (Å²) in [5.74, 6) is 0. The highest BCUT2D eigenvalue weighted by molar-refractivity contribution is 8.19. The molecule has 18 heavy (non-hydrogen) atoms.